The molecule has 14 rings (SSSR count). The molecule has 312 valence electrons. The topological polar surface area (TPSA) is 34.0 Å². The normalized spacial score (nSPS) is 12.4. The van der Waals surface area contributed by atoms with Gasteiger partial charge in [0.2, 0.25) is 5.95 Å². The van der Waals surface area contributed by atoms with Gasteiger partial charge in [-0.15, -0.1) is 11.3 Å². The van der Waals surface area contributed by atoms with Crippen molar-refractivity contribution in [3.63, 3.8) is 0 Å². The van der Waals surface area contributed by atoms with Gasteiger partial charge >= 0.3 is 0 Å². The maximum absolute atomic E-state index is 5.58. The number of thiophene rings is 1. The Bertz CT molecular complexity index is 4160. The van der Waals surface area contributed by atoms with Gasteiger partial charge in [-0.05, 0) is 99.3 Å². The molecule has 13 aromatic rings. The quantitative estimate of drug-likeness (QED) is 0.173. The first-order valence-electron chi connectivity index (χ1n) is 22.7. The number of hydrogen-bond donors (Lipinski definition) is 0. The molecule has 3 aromatic heterocycles. The fourth-order valence-electron chi connectivity index (χ4n) is 10.4. The Kier molecular flexibility index (Phi) is 8.42. The van der Waals surface area contributed by atoms with Crippen LogP contribution in [0.1, 0.15) is 11.1 Å². The van der Waals surface area contributed by atoms with E-state index in [-0.39, 0.29) is 0 Å². The Hall–Kier alpha value is -8.64. The molecule has 5 heteroatoms. The number of benzene rings is 10. The second kappa shape index (κ2) is 15.0. The molecule has 1 aliphatic heterocycles. The summed E-state index contributed by atoms with van der Waals surface area (Å²) < 4.78 is 4.92. The van der Waals surface area contributed by atoms with Crippen molar-refractivity contribution >= 4 is 104 Å². The van der Waals surface area contributed by atoms with Crippen molar-refractivity contribution < 1.29 is 0 Å². The summed E-state index contributed by atoms with van der Waals surface area (Å²) in [6.45, 7) is 0. The molecule has 0 unspecified atom stereocenters. The molecule has 67 heavy (non-hydrogen) atoms. The number of anilines is 3. The summed E-state index contributed by atoms with van der Waals surface area (Å²) in [6, 6.07) is 78.9. The van der Waals surface area contributed by atoms with Crippen molar-refractivity contribution in [2.45, 2.75) is 0 Å². The standard InChI is InChI=1S/C62H38N4S/c1-2-15-46(16-3-1)65-56-23-10-7-18-49(56)50-33-31-43(36-58(50)65)42-32-34-55-44(35-42)29-30-45-37-60-53(51-19-8-11-24-59(51)67-60)38-57(45)66(55)62-63-54-22-9-6-20-52(54)61(64-62)41-27-25-40(26-28-41)48-21-12-14-39-13-4-5-17-47(39)48/h1-38H. The van der Waals surface area contributed by atoms with E-state index < -0.39 is 0 Å². The summed E-state index contributed by atoms with van der Waals surface area (Å²) in [5.74, 6) is 0.624. The first kappa shape index (κ1) is 37.7. The third-order valence-electron chi connectivity index (χ3n) is 13.5. The van der Waals surface area contributed by atoms with Crippen LogP contribution in [-0.4, -0.2) is 14.5 Å². The summed E-state index contributed by atoms with van der Waals surface area (Å²) >= 11 is 1.84. The van der Waals surface area contributed by atoms with E-state index in [1.807, 2.05) is 11.3 Å². The van der Waals surface area contributed by atoms with Crippen molar-refractivity contribution in [3.05, 3.63) is 230 Å². The first-order chi connectivity index (χ1) is 33.2. The SMILES string of the molecule is C1=Cc2cc3sc4ccccc4c3cc2N(c2nc(-c3ccc(-c4cccc5ccccc45)cc3)c3ccccc3n2)c2ccc(-c3ccc4c5ccccc5n(-c5ccccc5)c4c3)cc21. The zero-order valence-electron chi connectivity index (χ0n) is 36.1. The third kappa shape index (κ3) is 6.06. The van der Waals surface area contributed by atoms with Crippen molar-refractivity contribution in [1.29, 1.82) is 0 Å². The van der Waals surface area contributed by atoms with Crippen LogP contribution < -0.4 is 4.90 Å². The van der Waals surface area contributed by atoms with E-state index in [0.29, 0.717) is 5.95 Å². The van der Waals surface area contributed by atoms with Crippen molar-refractivity contribution in [3.8, 4) is 39.2 Å². The second-order valence-electron chi connectivity index (χ2n) is 17.4. The average molecular weight is 871 g/mol. The van der Waals surface area contributed by atoms with E-state index in [1.165, 1.54) is 63.9 Å². The summed E-state index contributed by atoms with van der Waals surface area (Å²) in [7, 11) is 0. The van der Waals surface area contributed by atoms with E-state index in [4.69, 9.17) is 9.97 Å². The molecule has 1 aliphatic rings. The van der Waals surface area contributed by atoms with Crippen LogP contribution in [0.15, 0.2) is 218 Å². The van der Waals surface area contributed by atoms with E-state index >= 15 is 0 Å². The lowest BCUT2D eigenvalue weighted by Crippen LogP contribution is -2.15. The molecule has 0 radical (unpaired) electrons. The molecule has 0 bridgehead atoms. The minimum atomic E-state index is 0.624. The van der Waals surface area contributed by atoms with Gasteiger partial charge in [0.1, 0.15) is 0 Å². The van der Waals surface area contributed by atoms with Crippen LogP contribution in [-0.2, 0) is 0 Å². The number of hydrogen-bond acceptors (Lipinski definition) is 4. The Morgan fingerprint density at radius 1 is 0.373 bits per heavy atom. The minimum absolute atomic E-state index is 0.624. The molecular formula is C62H38N4S. The zero-order valence-corrected chi connectivity index (χ0v) is 37.0. The Morgan fingerprint density at radius 3 is 1.91 bits per heavy atom. The second-order valence-corrected chi connectivity index (χ2v) is 18.4. The van der Waals surface area contributed by atoms with E-state index in [0.717, 1.165) is 61.5 Å². The Morgan fingerprint density at radius 2 is 1.03 bits per heavy atom. The molecule has 4 heterocycles. The maximum atomic E-state index is 5.58. The molecule has 0 fully saturated rings. The predicted octanol–water partition coefficient (Wildman–Crippen LogP) is 17.2. The van der Waals surface area contributed by atoms with Crippen molar-refractivity contribution in [2.24, 2.45) is 0 Å². The van der Waals surface area contributed by atoms with Crippen LogP contribution in [0.4, 0.5) is 17.3 Å². The number of aromatic nitrogens is 3. The van der Waals surface area contributed by atoms with Gasteiger partial charge in [0.25, 0.3) is 0 Å². The van der Waals surface area contributed by atoms with Gasteiger partial charge in [0.05, 0.1) is 33.6 Å². The summed E-state index contributed by atoms with van der Waals surface area (Å²) in [4.78, 5) is 13.3. The Labute approximate surface area is 390 Å². The molecule has 0 spiro atoms. The Balaban J connectivity index is 0.955. The van der Waals surface area contributed by atoms with Crippen LogP contribution in [0.5, 0.6) is 0 Å². The highest BCUT2D eigenvalue weighted by Gasteiger charge is 2.26. The van der Waals surface area contributed by atoms with Crippen LogP contribution in [0.3, 0.4) is 0 Å². The van der Waals surface area contributed by atoms with Crippen LogP contribution >= 0.6 is 11.3 Å². The molecule has 0 N–H and O–H groups in total. The molecular weight excluding hydrogens is 833 g/mol. The maximum Gasteiger partial charge on any atom is 0.235 e. The van der Waals surface area contributed by atoms with Gasteiger partial charge in [0, 0.05) is 53.1 Å². The third-order valence-corrected chi connectivity index (χ3v) is 14.7. The van der Waals surface area contributed by atoms with Crippen LogP contribution in [0.25, 0.3) is 115 Å². The molecule has 0 amide bonds. The van der Waals surface area contributed by atoms with Gasteiger partial charge in [-0.3, -0.25) is 4.90 Å². The lowest BCUT2D eigenvalue weighted by atomic mass is 9.96. The lowest BCUT2D eigenvalue weighted by Gasteiger charge is -2.26. The fraction of sp³-hybridized carbons (Fsp3) is 0. The molecule has 10 aromatic carbocycles. The largest absolute Gasteiger partial charge is 0.309 e. The first-order valence-corrected chi connectivity index (χ1v) is 23.5. The highest BCUT2D eigenvalue weighted by Crippen LogP contribution is 2.47. The van der Waals surface area contributed by atoms with Gasteiger partial charge in [-0.2, -0.15) is 0 Å². The molecule has 0 atom stereocenters. The van der Waals surface area contributed by atoms with Gasteiger partial charge < -0.3 is 4.57 Å². The smallest absolute Gasteiger partial charge is 0.235 e. The number of nitrogens with zero attached hydrogens (tertiary/aromatic N) is 4. The number of rotatable bonds is 5. The molecule has 0 saturated heterocycles. The van der Waals surface area contributed by atoms with E-state index in [9.17, 15) is 0 Å². The van der Waals surface area contributed by atoms with Gasteiger partial charge in [0.15, 0.2) is 0 Å². The molecule has 4 nitrogen and oxygen atoms in total. The summed E-state index contributed by atoms with van der Waals surface area (Å²) in [6.07, 6.45) is 4.54. The average Bonchev–Trinajstić information content (AvgIpc) is 3.87. The van der Waals surface area contributed by atoms with Crippen molar-refractivity contribution in [1.82, 2.24) is 14.5 Å². The molecule has 0 saturated carbocycles. The highest BCUT2D eigenvalue weighted by atomic mass is 32.1. The monoisotopic (exact) mass is 870 g/mol. The minimum Gasteiger partial charge on any atom is -0.309 e. The van der Waals surface area contributed by atoms with Crippen LogP contribution in [0, 0.1) is 0 Å². The van der Waals surface area contributed by atoms with Gasteiger partial charge in [-0.1, -0.05) is 170 Å². The lowest BCUT2D eigenvalue weighted by molar-refractivity contribution is 1.11. The number of fused-ring (bicyclic) bond motifs is 10. The number of para-hydroxylation sites is 3. The highest BCUT2D eigenvalue weighted by molar-refractivity contribution is 7.25. The molecule has 0 aliphatic carbocycles. The van der Waals surface area contributed by atoms with Gasteiger partial charge in [-0.25, -0.2) is 9.97 Å². The summed E-state index contributed by atoms with van der Waals surface area (Å²) in [5.41, 5.74) is 15.3. The van der Waals surface area contributed by atoms with Crippen LogP contribution in [0.2, 0.25) is 0 Å². The fourth-order valence-corrected chi connectivity index (χ4v) is 11.5. The van der Waals surface area contributed by atoms with E-state index in [1.54, 1.807) is 0 Å². The van der Waals surface area contributed by atoms with E-state index in [2.05, 4.69) is 240 Å². The predicted molar refractivity (Wildman–Crippen MR) is 284 cm³/mol. The summed E-state index contributed by atoms with van der Waals surface area (Å²) in [5, 5.41) is 8.44. The zero-order chi connectivity index (χ0) is 44.0. The van der Waals surface area contributed by atoms with Crippen molar-refractivity contribution in [2.75, 3.05) is 4.90 Å².